The molecule has 0 fully saturated rings. The summed E-state index contributed by atoms with van der Waals surface area (Å²) in [5.41, 5.74) is -0.253. The van der Waals surface area contributed by atoms with Crippen LogP contribution in [-0.2, 0) is 0 Å². The number of rotatable bonds is 6. The molecule has 0 aliphatic rings. The Morgan fingerprint density at radius 1 is 1.56 bits per heavy atom. The van der Waals surface area contributed by atoms with Gasteiger partial charge in [0.05, 0.1) is 12.0 Å². The van der Waals surface area contributed by atoms with E-state index in [4.69, 9.17) is 9.84 Å². The van der Waals surface area contributed by atoms with Gasteiger partial charge in [-0.25, -0.2) is 4.79 Å². The molecule has 7 heteroatoms. The van der Waals surface area contributed by atoms with E-state index in [9.17, 15) is 14.9 Å². The minimum absolute atomic E-state index is 0.0895. The van der Waals surface area contributed by atoms with Gasteiger partial charge in [0, 0.05) is 18.7 Å². The van der Waals surface area contributed by atoms with Crippen LogP contribution in [0.1, 0.15) is 23.7 Å². The molecule has 0 aliphatic heterocycles. The van der Waals surface area contributed by atoms with Gasteiger partial charge in [-0.2, -0.15) is 0 Å². The van der Waals surface area contributed by atoms with Crippen LogP contribution in [-0.4, -0.2) is 29.7 Å². The van der Waals surface area contributed by atoms with Crippen molar-refractivity contribution < 1.29 is 19.6 Å². The van der Waals surface area contributed by atoms with Gasteiger partial charge in [-0.1, -0.05) is 6.92 Å². The van der Waals surface area contributed by atoms with Crippen molar-refractivity contribution in [3.63, 3.8) is 0 Å². The van der Waals surface area contributed by atoms with E-state index in [1.807, 2.05) is 6.92 Å². The number of aromatic carboxylic acids is 1. The summed E-state index contributed by atoms with van der Waals surface area (Å²) >= 11 is 0. The summed E-state index contributed by atoms with van der Waals surface area (Å²) in [6.07, 6.45) is 0.792. The smallest absolute Gasteiger partial charge is 0.339 e. The van der Waals surface area contributed by atoms with Gasteiger partial charge in [-0.15, -0.1) is 0 Å². The zero-order valence-corrected chi connectivity index (χ0v) is 10.1. The molecule has 0 spiro atoms. The first-order valence-corrected chi connectivity index (χ1v) is 5.34. The molecule has 0 saturated carbocycles. The van der Waals surface area contributed by atoms with Gasteiger partial charge in [-0.05, 0) is 6.42 Å². The monoisotopic (exact) mass is 254 g/mol. The van der Waals surface area contributed by atoms with Crippen LogP contribution in [0.2, 0.25) is 0 Å². The normalized spacial score (nSPS) is 9.89. The summed E-state index contributed by atoms with van der Waals surface area (Å²) in [6, 6.07) is 2.33. The lowest BCUT2D eigenvalue weighted by Gasteiger charge is -2.10. The molecule has 0 radical (unpaired) electrons. The van der Waals surface area contributed by atoms with Crippen LogP contribution in [0.3, 0.4) is 0 Å². The fraction of sp³-hybridized carbons (Fsp3) is 0.364. The third-order valence-electron chi connectivity index (χ3n) is 2.31. The Kier molecular flexibility index (Phi) is 4.47. The molecule has 0 amide bonds. The van der Waals surface area contributed by atoms with Crippen molar-refractivity contribution in [2.45, 2.75) is 13.3 Å². The largest absolute Gasteiger partial charge is 0.496 e. The minimum Gasteiger partial charge on any atom is -0.496 e. The minimum atomic E-state index is -1.27. The quantitative estimate of drug-likeness (QED) is 0.595. The zero-order valence-electron chi connectivity index (χ0n) is 10.1. The van der Waals surface area contributed by atoms with E-state index in [-0.39, 0.29) is 22.7 Å². The molecular formula is C11H14N2O5. The third-order valence-corrected chi connectivity index (χ3v) is 2.31. The van der Waals surface area contributed by atoms with Gasteiger partial charge in [0.2, 0.25) is 0 Å². The maximum Gasteiger partial charge on any atom is 0.339 e. The molecule has 2 N–H and O–H groups in total. The second kappa shape index (κ2) is 5.85. The van der Waals surface area contributed by atoms with E-state index in [2.05, 4.69) is 5.32 Å². The maximum atomic E-state index is 11.0. The highest BCUT2D eigenvalue weighted by Crippen LogP contribution is 2.32. The molecule has 98 valence electrons. The first-order chi connectivity index (χ1) is 8.51. The molecule has 1 aromatic rings. The van der Waals surface area contributed by atoms with E-state index in [0.717, 1.165) is 12.5 Å². The van der Waals surface area contributed by atoms with Crippen LogP contribution in [0.5, 0.6) is 5.75 Å². The van der Waals surface area contributed by atoms with Crippen LogP contribution in [0.15, 0.2) is 12.1 Å². The Hall–Kier alpha value is -2.31. The Labute approximate surface area is 104 Å². The number of hydrogen-bond donors (Lipinski definition) is 2. The topological polar surface area (TPSA) is 102 Å². The van der Waals surface area contributed by atoms with E-state index < -0.39 is 10.9 Å². The van der Waals surface area contributed by atoms with Crippen molar-refractivity contribution in [3.8, 4) is 5.75 Å². The number of carboxylic acids is 1. The van der Waals surface area contributed by atoms with Crippen molar-refractivity contribution in [1.29, 1.82) is 0 Å². The number of nitrogens with one attached hydrogen (secondary N) is 1. The van der Waals surface area contributed by atoms with Gasteiger partial charge in [0.1, 0.15) is 17.0 Å². The molecule has 18 heavy (non-hydrogen) atoms. The number of carbonyl (C=O) groups is 1. The van der Waals surface area contributed by atoms with Gasteiger partial charge >= 0.3 is 5.97 Å². The van der Waals surface area contributed by atoms with E-state index in [1.165, 1.54) is 13.2 Å². The lowest BCUT2D eigenvalue weighted by atomic mass is 10.1. The van der Waals surface area contributed by atoms with Gasteiger partial charge in [0.25, 0.3) is 5.69 Å². The van der Waals surface area contributed by atoms with Crippen LogP contribution >= 0.6 is 0 Å². The number of benzene rings is 1. The number of methoxy groups -OCH3 is 1. The molecule has 1 rings (SSSR count). The number of nitro benzene ring substituents is 1. The number of nitrogens with zero attached hydrogens (tertiary/aromatic N) is 1. The fourth-order valence-electron chi connectivity index (χ4n) is 1.46. The van der Waals surface area contributed by atoms with Crippen LogP contribution in [0, 0.1) is 10.1 Å². The van der Waals surface area contributed by atoms with Crippen molar-refractivity contribution in [1.82, 2.24) is 0 Å². The van der Waals surface area contributed by atoms with E-state index >= 15 is 0 Å². The molecule has 7 nitrogen and oxygen atoms in total. The van der Waals surface area contributed by atoms with Crippen molar-refractivity contribution in [2.75, 3.05) is 19.0 Å². The number of anilines is 1. The second-order valence-corrected chi connectivity index (χ2v) is 3.56. The van der Waals surface area contributed by atoms with Gasteiger partial charge in [-0.3, -0.25) is 10.1 Å². The second-order valence-electron chi connectivity index (χ2n) is 3.56. The van der Waals surface area contributed by atoms with Crippen molar-refractivity contribution >= 4 is 17.3 Å². The fourth-order valence-corrected chi connectivity index (χ4v) is 1.46. The highest BCUT2D eigenvalue weighted by molar-refractivity contribution is 5.93. The molecule has 0 heterocycles. The first-order valence-electron chi connectivity index (χ1n) is 5.34. The van der Waals surface area contributed by atoms with E-state index in [0.29, 0.717) is 6.54 Å². The van der Waals surface area contributed by atoms with Crippen molar-refractivity contribution in [2.24, 2.45) is 0 Å². The predicted molar refractivity (Wildman–Crippen MR) is 65.4 cm³/mol. The van der Waals surface area contributed by atoms with Crippen LogP contribution in [0.25, 0.3) is 0 Å². The molecule has 0 aliphatic carbocycles. The van der Waals surface area contributed by atoms with Crippen LogP contribution in [0.4, 0.5) is 11.4 Å². The average Bonchev–Trinajstić information content (AvgIpc) is 2.34. The molecule has 0 bridgehead atoms. The summed E-state index contributed by atoms with van der Waals surface area (Å²) in [5, 5.41) is 22.7. The van der Waals surface area contributed by atoms with Crippen molar-refractivity contribution in [3.05, 3.63) is 27.8 Å². The Balaban J connectivity index is 3.32. The highest BCUT2D eigenvalue weighted by atomic mass is 16.6. The summed E-state index contributed by atoms with van der Waals surface area (Å²) in [4.78, 5) is 21.2. The number of carboxylic acid groups (broad SMARTS) is 1. The highest BCUT2D eigenvalue weighted by Gasteiger charge is 2.21. The third kappa shape index (κ3) is 2.88. The predicted octanol–water partition coefficient (Wildman–Crippen LogP) is 2.12. The molecule has 0 aromatic heterocycles. The lowest BCUT2D eigenvalue weighted by Crippen LogP contribution is -2.07. The van der Waals surface area contributed by atoms with Gasteiger partial charge in [0.15, 0.2) is 0 Å². The molecule has 0 saturated heterocycles. The number of ether oxygens (including phenoxy) is 1. The van der Waals surface area contributed by atoms with E-state index in [1.54, 1.807) is 0 Å². The molecule has 0 atom stereocenters. The summed E-state index contributed by atoms with van der Waals surface area (Å²) in [7, 11) is 1.32. The van der Waals surface area contributed by atoms with Crippen LogP contribution < -0.4 is 10.1 Å². The molecule has 1 aromatic carbocycles. The summed E-state index contributed by atoms with van der Waals surface area (Å²) in [6.45, 7) is 2.47. The lowest BCUT2D eigenvalue weighted by molar-refractivity contribution is -0.384. The summed E-state index contributed by atoms with van der Waals surface area (Å²) in [5.74, 6) is -1.18. The number of nitro groups is 1. The summed E-state index contributed by atoms with van der Waals surface area (Å²) < 4.78 is 4.92. The standard InChI is InChI=1S/C11H14N2O5/c1-3-4-12-8-6-10(18-2)7(11(14)15)5-9(8)13(16)17/h5-6,12H,3-4H2,1-2H3,(H,14,15). The first kappa shape index (κ1) is 13.8. The molecule has 0 unspecified atom stereocenters. The Morgan fingerprint density at radius 3 is 2.67 bits per heavy atom. The average molecular weight is 254 g/mol. The zero-order chi connectivity index (χ0) is 13.7. The maximum absolute atomic E-state index is 11.0. The molecular weight excluding hydrogens is 240 g/mol. The Bertz CT molecular complexity index is 473. The Morgan fingerprint density at radius 2 is 2.22 bits per heavy atom. The van der Waals surface area contributed by atoms with Gasteiger partial charge < -0.3 is 15.2 Å². The number of hydrogen-bond acceptors (Lipinski definition) is 5. The SMILES string of the molecule is CCCNc1cc(OC)c(C(=O)O)cc1[N+](=O)[O-].